The van der Waals surface area contributed by atoms with Gasteiger partial charge in [0.2, 0.25) is 0 Å². The first-order valence-corrected chi connectivity index (χ1v) is 15.1. The highest BCUT2D eigenvalue weighted by Crippen LogP contribution is 2.30. The van der Waals surface area contributed by atoms with E-state index < -0.39 is 79.8 Å². The monoisotopic (exact) mass is 579 g/mol. The summed E-state index contributed by atoms with van der Waals surface area (Å²) >= 11 is 0. The van der Waals surface area contributed by atoms with Crippen LogP contribution in [-0.4, -0.2) is 116 Å². The van der Waals surface area contributed by atoms with Crippen molar-refractivity contribution in [2.45, 2.75) is 164 Å². The van der Waals surface area contributed by atoms with E-state index in [-0.39, 0.29) is 6.42 Å². The molecule has 0 aromatic heterocycles. The smallest absolute Gasteiger partial charge is 0.306 e. The number of carbonyl (C=O) groups excluding carboxylic acids is 1. The Morgan fingerprint density at radius 3 is 1.70 bits per heavy atom. The Balaban J connectivity index is 1.73. The minimum atomic E-state index is -1.83. The molecule has 1 saturated heterocycles. The van der Waals surface area contributed by atoms with Crippen molar-refractivity contribution in [1.29, 1.82) is 0 Å². The zero-order valence-corrected chi connectivity index (χ0v) is 23.8. The van der Waals surface area contributed by atoms with Crippen LogP contribution in [0.4, 0.5) is 0 Å². The van der Waals surface area contributed by atoms with E-state index in [1.54, 1.807) is 0 Å². The Morgan fingerprint density at radius 2 is 1.18 bits per heavy atom. The Bertz CT molecular complexity index is 699. The molecule has 0 radical (unpaired) electrons. The topological polar surface area (TPSA) is 212 Å². The van der Waals surface area contributed by atoms with Gasteiger partial charge in [-0.05, 0) is 6.42 Å². The van der Waals surface area contributed by atoms with Crippen molar-refractivity contribution in [3.63, 3.8) is 0 Å². The average molecular weight is 580 g/mol. The summed E-state index contributed by atoms with van der Waals surface area (Å²) in [5.41, 5.74) is 5.85. The lowest BCUT2D eigenvalue weighted by molar-refractivity contribution is -0.317. The highest BCUT2D eigenvalue weighted by atomic mass is 16.7. The van der Waals surface area contributed by atoms with Crippen LogP contribution in [0.2, 0.25) is 0 Å². The van der Waals surface area contributed by atoms with Crippen molar-refractivity contribution in [1.82, 2.24) is 0 Å². The van der Waals surface area contributed by atoms with Gasteiger partial charge in [-0.25, -0.2) is 0 Å². The molecule has 0 bridgehead atoms. The second-order valence-corrected chi connectivity index (χ2v) is 11.3. The SMILES string of the molecule is CCCCCCCCCCCCCCCC(=O)O[C@@H]1C(O)C(O)[C@H](O)[C@@H](O[C@@H]2OC(CO)[C@H](O)[C@H](O)C2N)C1O. The lowest BCUT2D eigenvalue weighted by Crippen LogP contribution is -2.68. The van der Waals surface area contributed by atoms with Gasteiger partial charge in [-0.1, -0.05) is 84.0 Å². The second-order valence-electron chi connectivity index (χ2n) is 11.3. The van der Waals surface area contributed by atoms with Gasteiger partial charge in [0.15, 0.2) is 12.4 Å². The third-order valence-electron chi connectivity index (χ3n) is 8.02. The molecule has 0 amide bonds. The molecule has 236 valence electrons. The van der Waals surface area contributed by atoms with E-state index >= 15 is 0 Å². The van der Waals surface area contributed by atoms with Crippen LogP contribution in [0.1, 0.15) is 96.8 Å². The summed E-state index contributed by atoms with van der Waals surface area (Å²) in [4.78, 5) is 12.4. The van der Waals surface area contributed by atoms with Gasteiger partial charge in [-0.2, -0.15) is 0 Å². The van der Waals surface area contributed by atoms with Crippen molar-refractivity contribution in [3.8, 4) is 0 Å². The second kappa shape index (κ2) is 18.6. The fourth-order valence-corrected chi connectivity index (χ4v) is 5.36. The molecule has 1 aliphatic carbocycles. The molecule has 5 unspecified atom stereocenters. The van der Waals surface area contributed by atoms with Gasteiger partial charge >= 0.3 is 5.97 Å². The maximum Gasteiger partial charge on any atom is 0.306 e. The molecule has 12 heteroatoms. The number of carbonyl (C=O) groups is 1. The van der Waals surface area contributed by atoms with E-state index in [1.165, 1.54) is 57.8 Å². The molecule has 11 atom stereocenters. The van der Waals surface area contributed by atoms with Gasteiger partial charge in [0.1, 0.15) is 48.8 Å². The summed E-state index contributed by atoms with van der Waals surface area (Å²) in [5.74, 6) is -0.669. The summed E-state index contributed by atoms with van der Waals surface area (Å²) in [7, 11) is 0. The van der Waals surface area contributed by atoms with E-state index in [4.69, 9.17) is 19.9 Å². The number of hydrogen-bond donors (Lipinski definition) is 8. The number of unbranched alkanes of at least 4 members (excludes halogenated alkanes) is 12. The lowest BCUT2D eigenvalue weighted by Gasteiger charge is -2.46. The van der Waals surface area contributed by atoms with E-state index in [0.717, 1.165) is 19.3 Å². The van der Waals surface area contributed by atoms with Gasteiger partial charge in [0.25, 0.3) is 0 Å². The number of rotatable bonds is 18. The first-order chi connectivity index (χ1) is 19.1. The van der Waals surface area contributed by atoms with Crippen molar-refractivity contribution in [2.75, 3.05) is 6.61 Å². The van der Waals surface area contributed by atoms with E-state index in [0.29, 0.717) is 6.42 Å². The summed E-state index contributed by atoms with van der Waals surface area (Å²) < 4.78 is 16.2. The van der Waals surface area contributed by atoms with Crippen LogP contribution in [0.3, 0.4) is 0 Å². The first kappa shape index (κ1) is 35.3. The molecule has 12 nitrogen and oxygen atoms in total. The highest BCUT2D eigenvalue weighted by molar-refractivity contribution is 5.69. The Hall–Kier alpha value is -0.930. The van der Waals surface area contributed by atoms with Gasteiger partial charge in [0, 0.05) is 6.42 Å². The van der Waals surface area contributed by atoms with Crippen LogP contribution in [0.15, 0.2) is 0 Å². The zero-order valence-electron chi connectivity index (χ0n) is 23.8. The van der Waals surface area contributed by atoms with Gasteiger partial charge < -0.3 is 55.7 Å². The van der Waals surface area contributed by atoms with Crippen molar-refractivity contribution >= 4 is 5.97 Å². The van der Waals surface area contributed by atoms with Crippen molar-refractivity contribution < 1.29 is 54.8 Å². The fraction of sp³-hybridized carbons (Fsp3) is 0.964. The quantitative estimate of drug-likeness (QED) is 0.0795. The fourth-order valence-electron chi connectivity index (χ4n) is 5.36. The maximum absolute atomic E-state index is 12.4. The number of aliphatic hydroxyl groups is 7. The number of hydrogen-bond acceptors (Lipinski definition) is 12. The van der Waals surface area contributed by atoms with E-state index in [1.807, 2.05) is 0 Å². The number of ether oxygens (including phenoxy) is 3. The van der Waals surface area contributed by atoms with E-state index in [2.05, 4.69) is 6.92 Å². The van der Waals surface area contributed by atoms with Crippen LogP contribution in [0.25, 0.3) is 0 Å². The molecular formula is C28H53NO11. The van der Waals surface area contributed by atoms with Crippen molar-refractivity contribution in [2.24, 2.45) is 5.73 Å². The molecule has 40 heavy (non-hydrogen) atoms. The third-order valence-corrected chi connectivity index (χ3v) is 8.02. The molecule has 1 aliphatic heterocycles. The van der Waals surface area contributed by atoms with Crippen LogP contribution < -0.4 is 5.73 Å². The molecule has 2 aliphatic rings. The van der Waals surface area contributed by atoms with Gasteiger partial charge in [-0.15, -0.1) is 0 Å². The number of esters is 1. The average Bonchev–Trinajstić information content (AvgIpc) is 2.94. The predicted molar refractivity (Wildman–Crippen MR) is 145 cm³/mol. The Morgan fingerprint density at radius 1 is 0.675 bits per heavy atom. The van der Waals surface area contributed by atoms with Crippen molar-refractivity contribution in [3.05, 3.63) is 0 Å². The van der Waals surface area contributed by atoms with Gasteiger partial charge in [0.05, 0.1) is 12.6 Å². The largest absolute Gasteiger partial charge is 0.457 e. The minimum absolute atomic E-state index is 0.0662. The maximum atomic E-state index is 12.4. The molecule has 0 aromatic carbocycles. The number of aliphatic hydroxyl groups excluding tert-OH is 7. The van der Waals surface area contributed by atoms with Crippen LogP contribution in [0, 0.1) is 0 Å². The summed E-state index contributed by atoms with van der Waals surface area (Å²) in [5, 5.41) is 71.4. The molecule has 9 N–H and O–H groups in total. The van der Waals surface area contributed by atoms with Gasteiger partial charge in [-0.3, -0.25) is 4.79 Å². The highest BCUT2D eigenvalue weighted by Gasteiger charge is 2.54. The third kappa shape index (κ3) is 10.4. The summed E-state index contributed by atoms with van der Waals surface area (Å²) in [6.45, 7) is 1.56. The van der Waals surface area contributed by atoms with Crippen LogP contribution >= 0.6 is 0 Å². The number of nitrogens with two attached hydrogens (primary N) is 1. The molecule has 1 heterocycles. The van der Waals surface area contributed by atoms with Crippen LogP contribution in [0.5, 0.6) is 0 Å². The molecule has 2 rings (SSSR count). The predicted octanol–water partition coefficient (Wildman–Crippen LogP) is -0.0118. The summed E-state index contributed by atoms with van der Waals surface area (Å²) in [6.07, 6.45) is -1.08. The molecule has 0 aromatic rings. The molecule has 2 fully saturated rings. The minimum Gasteiger partial charge on any atom is -0.457 e. The molecule has 1 saturated carbocycles. The normalized spacial score (nSPS) is 36.5. The van der Waals surface area contributed by atoms with E-state index in [9.17, 15) is 40.5 Å². The lowest BCUT2D eigenvalue weighted by atomic mass is 9.84. The zero-order chi connectivity index (χ0) is 29.7. The summed E-state index contributed by atoms with van der Waals surface area (Å²) in [6, 6.07) is -1.32. The Kier molecular flexibility index (Phi) is 16.4. The molecule has 0 spiro atoms. The molecular weight excluding hydrogens is 526 g/mol. The first-order valence-electron chi connectivity index (χ1n) is 15.1. The van der Waals surface area contributed by atoms with Crippen LogP contribution in [-0.2, 0) is 19.0 Å². The Labute approximate surface area is 237 Å². The standard InChI is InChI=1S/C28H53NO11/c1-2-3-4-5-6-7-8-9-10-11-12-13-14-15-18(31)39-26-23(35)22(34)24(36)27(25(26)37)40-28-19(29)21(33)20(32)17(16-30)38-28/h17,19-28,30,32-37H,2-16,29H2,1H3/t17?,19?,20-,21+,22?,23?,24-,25?,26+,27+,28-/m0/s1.